The number of hydrogen-bond acceptors (Lipinski definition) is 7. The molecule has 1 atom stereocenters. The van der Waals surface area contributed by atoms with Crippen LogP contribution in [0.5, 0.6) is 0 Å². The predicted molar refractivity (Wildman–Crippen MR) is 104 cm³/mol. The van der Waals surface area contributed by atoms with Gasteiger partial charge in [-0.2, -0.15) is 0 Å². The van der Waals surface area contributed by atoms with Gasteiger partial charge in [0.15, 0.2) is 16.9 Å². The lowest BCUT2D eigenvalue weighted by atomic mass is 10.2. The molecule has 158 valence electrons. The number of likely N-dealkylation sites (tertiary alicyclic amines) is 1. The van der Waals surface area contributed by atoms with E-state index in [4.69, 9.17) is 9.15 Å². The van der Waals surface area contributed by atoms with E-state index in [1.54, 1.807) is 16.7 Å². The Morgan fingerprint density at radius 2 is 2.07 bits per heavy atom. The quantitative estimate of drug-likeness (QED) is 0.532. The number of ether oxygens (including phenoxy) is 1. The molecular formula is C19H21N5O6. The summed E-state index contributed by atoms with van der Waals surface area (Å²) in [5.74, 6) is -0.664. The number of carbonyl (C=O) groups excluding carboxylic acids is 2. The van der Waals surface area contributed by atoms with Crippen LogP contribution in [0.15, 0.2) is 38.7 Å². The predicted octanol–water partition coefficient (Wildman–Crippen LogP) is -0.125. The molecule has 1 amide bonds. The second-order valence-corrected chi connectivity index (χ2v) is 7.12. The number of aromatic nitrogens is 4. The molecule has 0 bridgehead atoms. The molecule has 0 spiro atoms. The number of esters is 1. The molecule has 0 N–H and O–H groups in total. The van der Waals surface area contributed by atoms with Crippen molar-refractivity contribution in [3.05, 3.63) is 51.3 Å². The maximum absolute atomic E-state index is 12.6. The first kappa shape index (κ1) is 19.7. The minimum absolute atomic E-state index is 0.00439. The molecule has 11 nitrogen and oxygen atoms in total. The molecule has 0 aromatic carbocycles. The van der Waals surface area contributed by atoms with Crippen LogP contribution in [0.3, 0.4) is 0 Å². The molecule has 0 saturated carbocycles. The summed E-state index contributed by atoms with van der Waals surface area (Å²) in [5.41, 5.74) is -0.416. The average molecular weight is 415 g/mol. The van der Waals surface area contributed by atoms with Crippen LogP contribution in [0, 0.1) is 0 Å². The van der Waals surface area contributed by atoms with E-state index in [0.717, 1.165) is 4.57 Å². The minimum Gasteiger partial charge on any atom is -0.462 e. The molecule has 0 aliphatic carbocycles. The Labute approximate surface area is 170 Å². The topological polar surface area (TPSA) is 122 Å². The molecule has 3 aromatic rings. The zero-order valence-electron chi connectivity index (χ0n) is 16.6. The number of aryl methyl sites for hydroxylation is 1. The first-order valence-corrected chi connectivity index (χ1v) is 9.52. The fraction of sp³-hybridized carbons (Fsp3) is 0.421. The van der Waals surface area contributed by atoms with Crippen molar-refractivity contribution in [2.24, 2.45) is 14.1 Å². The molecule has 1 aliphatic heterocycles. The highest BCUT2D eigenvalue weighted by atomic mass is 16.5. The molecule has 1 aliphatic rings. The molecule has 1 fully saturated rings. The summed E-state index contributed by atoms with van der Waals surface area (Å²) >= 11 is 0. The lowest BCUT2D eigenvalue weighted by Crippen LogP contribution is -2.41. The van der Waals surface area contributed by atoms with Crippen molar-refractivity contribution >= 4 is 23.0 Å². The maximum Gasteiger partial charge on any atom is 0.332 e. The highest BCUT2D eigenvalue weighted by Crippen LogP contribution is 2.21. The first-order valence-electron chi connectivity index (χ1n) is 9.52. The Morgan fingerprint density at radius 1 is 1.27 bits per heavy atom. The van der Waals surface area contributed by atoms with E-state index < -0.39 is 23.3 Å². The number of nitrogens with zero attached hydrogens (tertiary/aromatic N) is 5. The standard InChI is InChI=1S/C19H21N5O6/c1-21-15-14(17(26)22(2)19(21)28)23(11-20-15)8-10-30-18(27)12-5-3-7-24(12)16(25)13-6-4-9-29-13/h4,6,9,11-12H,3,5,7-8,10H2,1-2H3/t12-/m0/s1. The van der Waals surface area contributed by atoms with Gasteiger partial charge in [-0.1, -0.05) is 0 Å². The highest BCUT2D eigenvalue weighted by Gasteiger charge is 2.36. The van der Waals surface area contributed by atoms with Crippen molar-refractivity contribution in [3.63, 3.8) is 0 Å². The minimum atomic E-state index is -0.671. The third kappa shape index (κ3) is 3.21. The largest absolute Gasteiger partial charge is 0.462 e. The molecule has 0 unspecified atom stereocenters. The number of furan rings is 1. The maximum atomic E-state index is 12.6. The Morgan fingerprint density at radius 3 is 2.80 bits per heavy atom. The van der Waals surface area contributed by atoms with Gasteiger partial charge in [0, 0.05) is 20.6 Å². The second-order valence-electron chi connectivity index (χ2n) is 7.12. The van der Waals surface area contributed by atoms with Gasteiger partial charge < -0.3 is 18.6 Å². The van der Waals surface area contributed by atoms with Crippen molar-refractivity contribution in [2.45, 2.75) is 25.4 Å². The molecule has 4 rings (SSSR count). The van der Waals surface area contributed by atoms with Gasteiger partial charge in [-0.3, -0.25) is 18.7 Å². The Bertz CT molecular complexity index is 1220. The third-order valence-electron chi connectivity index (χ3n) is 5.31. The van der Waals surface area contributed by atoms with Crippen LogP contribution in [0.25, 0.3) is 11.2 Å². The number of imidazole rings is 1. The van der Waals surface area contributed by atoms with Crippen LogP contribution in [-0.4, -0.2) is 54.7 Å². The van der Waals surface area contributed by atoms with E-state index in [-0.39, 0.29) is 36.0 Å². The zero-order chi connectivity index (χ0) is 21.4. The third-order valence-corrected chi connectivity index (χ3v) is 5.31. The zero-order valence-corrected chi connectivity index (χ0v) is 16.6. The molecule has 0 radical (unpaired) electrons. The van der Waals surface area contributed by atoms with Gasteiger partial charge in [-0.25, -0.2) is 14.6 Å². The molecule has 4 heterocycles. The van der Waals surface area contributed by atoms with Crippen molar-refractivity contribution < 1.29 is 18.7 Å². The van der Waals surface area contributed by atoms with Gasteiger partial charge >= 0.3 is 11.7 Å². The van der Waals surface area contributed by atoms with Gasteiger partial charge in [0.05, 0.1) is 19.1 Å². The normalized spacial score (nSPS) is 16.3. The molecule has 1 saturated heterocycles. The van der Waals surface area contributed by atoms with Crippen LogP contribution in [0.2, 0.25) is 0 Å². The van der Waals surface area contributed by atoms with E-state index in [1.165, 1.54) is 36.2 Å². The summed E-state index contributed by atoms with van der Waals surface area (Å²) in [6.45, 7) is 0.639. The van der Waals surface area contributed by atoms with E-state index >= 15 is 0 Å². The summed E-state index contributed by atoms with van der Waals surface area (Å²) < 4.78 is 14.4. The first-order chi connectivity index (χ1) is 14.4. The van der Waals surface area contributed by atoms with E-state index in [0.29, 0.717) is 19.4 Å². The fourth-order valence-electron chi connectivity index (χ4n) is 3.70. The fourth-order valence-corrected chi connectivity index (χ4v) is 3.70. The average Bonchev–Trinajstić information content (AvgIpc) is 3.50. The van der Waals surface area contributed by atoms with E-state index in [9.17, 15) is 19.2 Å². The van der Waals surface area contributed by atoms with Crippen molar-refractivity contribution in [3.8, 4) is 0 Å². The summed E-state index contributed by atoms with van der Waals surface area (Å²) in [7, 11) is 2.93. The van der Waals surface area contributed by atoms with E-state index in [1.807, 2.05) is 0 Å². The molecule has 3 aromatic heterocycles. The van der Waals surface area contributed by atoms with Crippen LogP contribution in [-0.2, 0) is 30.2 Å². The van der Waals surface area contributed by atoms with Gasteiger partial charge in [0.1, 0.15) is 12.6 Å². The van der Waals surface area contributed by atoms with Crippen LogP contribution in [0.1, 0.15) is 23.4 Å². The number of hydrogen-bond donors (Lipinski definition) is 0. The van der Waals surface area contributed by atoms with Gasteiger partial charge in [-0.15, -0.1) is 0 Å². The number of fused-ring (bicyclic) bond motifs is 1. The molecule has 30 heavy (non-hydrogen) atoms. The smallest absolute Gasteiger partial charge is 0.332 e. The SMILES string of the molecule is Cn1c(=O)c2c(ncn2CCOC(=O)[C@@H]2CCCN2C(=O)c2ccco2)n(C)c1=O. The number of carbonyl (C=O) groups is 2. The lowest BCUT2D eigenvalue weighted by molar-refractivity contribution is -0.148. The summed E-state index contributed by atoms with van der Waals surface area (Å²) in [6, 6.07) is 2.50. The van der Waals surface area contributed by atoms with Crippen molar-refractivity contribution in [1.29, 1.82) is 0 Å². The Balaban J connectivity index is 1.45. The molecule has 11 heteroatoms. The Kier molecular flexibility index (Phi) is 5.02. The van der Waals surface area contributed by atoms with Crippen LogP contribution in [0.4, 0.5) is 0 Å². The van der Waals surface area contributed by atoms with Gasteiger partial charge in [0.25, 0.3) is 11.5 Å². The second kappa shape index (κ2) is 7.65. The lowest BCUT2D eigenvalue weighted by Gasteiger charge is -2.22. The summed E-state index contributed by atoms with van der Waals surface area (Å²) in [5, 5.41) is 0. The summed E-state index contributed by atoms with van der Waals surface area (Å²) in [4.78, 5) is 55.1. The van der Waals surface area contributed by atoms with Crippen molar-refractivity contribution in [2.75, 3.05) is 13.2 Å². The van der Waals surface area contributed by atoms with Crippen LogP contribution < -0.4 is 11.2 Å². The summed E-state index contributed by atoms with van der Waals surface area (Å²) in [6.07, 6.45) is 4.05. The Hall–Kier alpha value is -3.63. The van der Waals surface area contributed by atoms with Gasteiger partial charge in [0.2, 0.25) is 0 Å². The van der Waals surface area contributed by atoms with E-state index in [2.05, 4.69) is 4.98 Å². The monoisotopic (exact) mass is 415 g/mol. The number of amides is 1. The van der Waals surface area contributed by atoms with Crippen LogP contribution >= 0.6 is 0 Å². The number of rotatable bonds is 5. The highest BCUT2D eigenvalue weighted by molar-refractivity contribution is 5.94. The molecular weight excluding hydrogens is 394 g/mol. The van der Waals surface area contributed by atoms with Crippen molar-refractivity contribution in [1.82, 2.24) is 23.6 Å². The van der Waals surface area contributed by atoms with Gasteiger partial charge in [-0.05, 0) is 25.0 Å².